The molecule has 25 heavy (non-hydrogen) atoms. The number of halogens is 1. The molecule has 0 spiro atoms. The highest BCUT2D eigenvalue weighted by atomic mass is 79.9. The van der Waals surface area contributed by atoms with Crippen LogP contribution in [-0.2, 0) is 11.3 Å². The number of aromatic nitrogens is 2. The first kappa shape index (κ1) is 19.5. The van der Waals surface area contributed by atoms with Crippen molar-refractivity contribution in [3.05, 3.63) is 40.8 Å². The summed E-state index contributed by atoms with van der Waals surface area (Å²) in [6.07, 6.45) is 1.48. The van der Waals surface area contributed by atoms with Gasteiger partial charge in [-0.3, -0.25) is 0 Å². The summed E-state index contributed by atoms with van der Waals surface area (Å²) in [5.41, 5.74) is 1.46. The van der Waals surface area contributed by atoms with Crippen molar-refractivity contribution in [1.82, 2.24) is 14.9 Å². The van der Waals surface area contributed by atoms with Crippen LogP contribution < -0.4 is 0 Å². The van der Waals surface area contributed by atoms with E-state index in [1.54, 1.807) is 11.1 Å². The molecule has 2 rings (SSSR count). The van der Waals surface area contributed by atoms with Gasteiger partial charge in [0.1, 0.15) is 11.4 Å². The van der Waals surface area contributed by atoms with Crippen molar-refractivity contribution in [2.45, 2.75) is 46.8 Å². The summed E-state index contributed by atoms with van der Waals surface area (Å²) in [6.45, 7) is 10.8. The van der Waals surface area contributed by atoms with Gasteiger partial charge in [0.2, 0.25) is 0 Å². The smallest absolute Gasteiger partial charge is 0.410 e. The van der Waals surface area contributed by atoms with Gasteiger partial charge in [0.05, 0.1) is 18.4 Å². The minimum absolute atomic E-state index is 0.317. The SMILES string of the molecule is CC(C)CN(Cc1ncc(-c2ccc(Br)cc2)[nH]1)C(=O)OC(C)(C)C. The van der Waals surface area contributed by atoms with Gasteiger partial charge in [0.15, 0.2) is 0 Å². The zero-order chi connectivity index (χ0) is 18.6. The van der Waals surface area contributed by atoms with Crippen LogP contribution in [0, 0.1) is 5.92 Å². The molecule has 1 aromatic heterocycles. The lowest BCUT2D eigenvalue weighted by atomic mass is 10.2. The number of ether oxygens (including phenoxy) is 1. The fourth-order valence-corrected chi connectivity index (χ4v) is 2.63. The predicted octanol–water partition coefficient (Wildman–Crippen LogP) is 5.23. The van der Waals surface area contributed by atoms with Gasteiger partial charge in [0, 0.05) is 11.0 Å². The minimum atomic E-state index is -0.516. The molecule has 1 heterocycles. The van der Waals surface area contributed by atoms with E-state index in [1.807, 2.05) is 45.0 Å². The van der Waals surface area contributed by atoms with Gasteiger partial charge >= 0.3 is 6.09 Å². The molecule has 0 saturated carbocycles. The third-order valence-corrected chi connectivity index (χ3v) is 3.89. The van der Waals surface area contributed by atoms with Gasteiger partial charge in [-0.05, 0) is 44.4 Å². The number of amides is 1. The van der Waals surface area contributed by atoms with Crippen LogP contribution in [0.15, 0.2) is 34.9 Å². The van der Waals surface area contributed by atoms with Gasteiger partial charge < -0.3 is 14.6 Å². The Morgan fingerprint density at radius 1 is 1.28 bits per heavy atom. The van der Waals surface area contributed by atoms with Gasteiger partial charge in [-0.25, -0.2) is 9.78 Å². The Morgan fingerprint density at radius 2 is 1.92 bits per heavy atom. The Labute approximate surface area is 157 Å². The number of carbonyl (C=O) groups excluding carboxylic acids is 1. The van der Waals surface area contributed by atoms with E-state index in [0.717, 1.165) is 21.6 Å². The average Bonchev–Trinajstić information content (AvgIpc) is 2.93. The average molecular weight is 408 g/mol. The number of H-pyrrole nitrogens is 1. The largest absolute Gasteiger partial charge is 0.444 e. The summed E-state index contributed by atoms with van der Waals surface area (Å²) >= 11 is 3.43. The highest BCUT2D eigenvalue weighted by Gasteiger charge is 2.23. The van der Waals surface area contributed by atoms with Gasteiger partial charge in [-0.15, -0.1) is 0 Å². The quantitative estimate of drug-likeness (QED) is 0.737. The first-order valence-corrected chi connectivity index (χ1v) is 9.21. The molecule has 2 aromatic rings. The van der Waals surface area contributed by atoms with E-state index in [9.17, 15) is 4.79 Å². The van der Waals surface area contributed by atoms with E-state index in [2.05, 4.69) is 39.7 Å². The second-order valence-corrected chi connectivity index (χ2v) is 8.42. The molecule has 1 aromatic carbocycles. The third kappa shape index (κ3) is 6.20. The Hall–Kier alpha value is -1.82. The Morgan fingerprint density at radius 3 is 2.48 bits per heavy atom. The molecule has 0 unspecified atom stereocenters. The molecule has 0 aliphatic heterocycles. The van der Waals surface area contributed by atoms with E-state index in [4.69, 9.17) is 4.74 Å². The minimum Gasteiger partial charge on any atom is -0.444 e. The lowest BCUT2D eigenvalue weighted by molar-refractivity contribution is 0.0206. The molecule has 1 N–H and O–H groups in total. The Bertz CT molecular complexity index is 702. The van der Waals surface area contributed by atoms with E-state index in [-0.39, 0.29) is 6.09 Å². The number of carbonyl (C=O) groups is 1. The fourth-order valence-electron chi connectivity index (χ4n) is 2.37. The van der Waals surface area contributed by atoms with Crippen LogP contribution in [0.2, 0.25) is 0 Å². The monoisotopic (exact) mass is 407 g/mol. The van der Waals surface area contributed by atoms with Crippen LogP contribution in [0.4, 0.5) is 4.79 Å². The normalized spacial score (nSPS) is 11.6. The molecule has 0 atom stereocenters. The van der Waals surface area contributed by atoms with Crippen molar-refractivity contribution in [3.63, 3.8) is 0 Å². The van der Waals surface area contributed by atoms with Gasteiger partial charge in [-0.1, -0.05) is 41.9 Å². The molecule has 136 valence electrons. The van der Waals surface area contributed by atoms with Gasteiger partial charge in [0.25, 0.3) is 0 Å². The second-order valence-electron chi connectivity index (χ2n) is 7.51. The van der Waals surface area contributed by atoms with Crippen molar-refractivity contribution in [2.75, 3.05) is 6.54 Å². The molecule has 5 nitrogen and oxygen atoms in total. The summed E-state index contributed by atoms with van der Waals surface area (Å²) in [4.78, 5) is 21.9. The van der Waals surface area contributed by atoms with Crippen LogP contribution in [0.25, 0.3) is 11.3 Å². The third-order valence-electron chi connectivity index (χ3n) is 3.36. The topological polar surface area (TPSA) is 58.2 Å². The van der Waals surface area contributed by atoms with Crippen LogP contribution in [0.1, 0.15) is 40.4 Å². The second kappa shape index (κ2) is 8.04. The molecule has 6 heteroatoms. The molecule has 1 amide bonds. The van der Waals surface area contributed by atoms with Crippen molar-refractivity contribution < 1.29 is 9.53 Å². The number of imidazole rings is 1. The lowest BCUT2D eigenvalue weighted by Gasteiger charge is -2.28. The lowest BCUT2D eigenvalue weighted by Crippen LogP contribution is -2.38. The standard InChI is InChI=1S/C19H26BrN3O2/c1-13(2)11-23(18(24)25-19(3,4)5)12-17-21-10-16(22-17)14-6-8-15(20)9-7-14/h6-10,13H,11-12H2,1-5H3,(H,21,22). The Kier molecular flexibility index (Phi) is 6.27. The summed E-state index contributed by atoms with van der Waals surface area (Å²) in [7, 11) is 0. The molecule has 0 aliphatic carbocycles. The first-order valence-electron chi connectivity index (χ1n) is 8.42. The van der Waals surface area contributed by atoms with Gasteiger partial charge in [-0.2, -0.15) is 0 Å². The van der Waals surface area contributed by atoms with E-state index >= 15 is 0 Å². The molecule has 0 saturated heterocycles. The highest BCUT2D eigenvalue weighted by molar-refractivity contribution is 9.10. The van der Waals surface area contributed by atoms with Crippen molar-refractivity contribution in [2.24, 2.45) is 5.92 Å². The molecule has 0 fully saturated rings. The molecular formula is C19H26BrN3O2. The number of nitrogens with zero attached hydrogens (tertiary/aromatic N) is 2. The van der Waals surface area contributed by atoms with Crippen molar-refractivity contribution in [3.8, 4) is 11.3 Å². The maximum Gasteiger partial charge on any atom is 0.410 e. The summed E-state index contributed by atoms with van der Waals surface area (Å²) in [5, 5.41) is 0. The maximum absolute atomic E-state index is 12.5. The van der Waals surface area contributed by atoms with Crippen molar-refractivity contribution in [1.29, 1.82) is 0 Å². The molecule has 0 radical (unpaired) electrons. The molecular weight excluding hydrogens is 382 g/mol. The zero-order valence-corrected chi connectivity index (χ0v) is 17.1. The highest BCUT2D eigenvalue weighted by Crippen LogP contribution is 2.21. The van der Waals surface area contributed by atoms with Crippen LogP contribution in [-0.4, -0.2) is 33.1 Å². The van der Waals surface area contributed by atoms with Crippen LogP contribution in [0.3, 0.4) is 0 Å². The number of rotatable bonds is 5. The predicted molar refractivity (Wildman–Crippen MR) is 103 cm³/mol. The summed E-state index contributed by atoms with van der Waals surface area (Å²) in [6, 6.07) is 8.01. The van der Waals surface area contributed by atoms with E-state index < -0.39 is 5.60 Å². The summed E-state index contributed by atoms with van der Waals surface area (Å²) < 4.78 is 6.55. The number of benzene rings is 1. The number of hydrogen-bond donors (Lipinski definition) is 1. The van der Waals surface area contributed by atoms with Crippen LogP contribution >= 0.6 is 15.9 Å². The molecule has 0 bridgehead atoms. The zero-order valence-electron chi connectivity index (χ0n) is 15.5. The van der Waals surface area contributed by atoms with E-state index in [1.165, 1.54) is 0 Å². The number of aromatic amines is 1. The molecule has 0 aliphatic rings. The van der Waals surface area contributed by atoms with E-state index in [0.29, 0.717) is 19.0 Å². The number of nitrogens with one attached hydrogen (secondary N) is 1. The maximum atomic E-state index is 12.5. The van der Waals surface area contributed by atoms with Crippen LogP contribution in [0.5, 0.6) is 0 Å². The Balaban J connectivity index is 2.13. The summed E-state index contributed by atoms with van der Waals surface area (Å²) in [5.74, 6) is 1.08. The first-order chi connectivity index (χ1) is 11.6. The van der Waals surface area contributed by atoms with Crippen molar-refractivity contribution >= 4 is 22.0 Å². The fraction of sp³-hybridized carbons (Fsp3) is 0.474. The number of hydrogen-bond acceptors (Lipinski definition) is 3.